The monoisotopic (exact) mass is 232 g/mol. The van der Waals surface area contributed by atoms with E-state index in [-0.39, 0.29) is 5.41 Å². The van der Waals surface area contributed by atoms with Crippen LogP contribution >= 0.6 is 0 Å². The molecule has 0 N–H and O–H groups in total. The van der Waals surface area contributed by atoms with Crippen molar-refractivity contribution in [2.24, 2.45) is 5.92 Å². The van der Waals surface area contributed by atoms with Gasteiger partial charge in [-0.3, -0.25) is 0 Å². The molecule has 2 heterocycles. The molecule has 1 aliphatic heterocycles. The molecule has 1 aromatic rings. The van der Waals surface area contributed by atoms with Gasteiger partial charge in [-0.1, -0.05) is 34.1 Å². The minimum absolute atomic E-state index is 0.210. The molecular weight excluding hydrogens is 208 g/mol. The summed E-state index contributed by atoms with van der Waals surface area (Å²) in [6, 6.07) is 4.40. The summed E-state index contributed by atoms with van der Waals surface area (Å²) in [4.78, 5) is 6.96. The second kappa shape index (κ2) is 4.67. The fourth-order valence-corrected chi connectivity index (χ4v) is 2.43. The fourth-order valence-electron chi connectivity index (χ4n) is 2.43. The number of hydrogen-bond donors (Lipinski definition) is 0. The van der Waals surface area contributed by atoms with Gasteiger partial charge in [0.1, 0.15) is 5.82 Å². The largest absolute Gasteiger partial charge is 0.356 e. The minimum atomic E-state index is 0.210. The molecule has 17 heavy (non-hydrogen) atoms. The highest BCUT2D eigenvalue weighted by atomic mass is 15.2. The second-order valence-corrected chi connectivity index (χ2v) is 6.16. The van der Waals surface area contributed by atoms with Crippen LogP contribution in [0.4, 0.5) is 5.82 Å². The van der Waals surface area contributed by atoms with Gasteiger partial charge in [0.15, 0.2) is 0 Å². The maximum Gasteiger partial charge on any atom is 0.128 e. The molecule has 2 nitrogen and oxygen atoms in total. The van der Waals surface area contributed by atoms with E-state index in [2.05, 4.69) is 49.7 Å². The Morgan fingerprint density at radius 2 is 2.18 bits per heavy atom. The van der Waals surface area contributed by atoms with Gasteiger partial charge in [0.2, 0.25) is 0 Å². The van der Waals surface area contributed by atoms with Gasteiger partial charge in [0, 0.05) is 19.3 Å². The van der Waals surface area contributed by atoms with Crippen LogP contribution < -0.4 is 4.90 Å². The van der Waals surface area contributed by atoms with E-state index in [1.165, 1.54) is 31.5 Å². The Balaban J connectivity index is 2.17. The molecule has 1 aromatic heterocycles. The van der Waals surface area contributed by atoms with Crippen LogP contribution in [-0.4, -0.2) is 18.1 Å². The number of pyridine rings is 1. The summed E-state index contributed by atoms with van der Waals surface area (Å²) in [7, 11) is 0. The quantitative estimate of drug-likeness (QED) is 0.774. The molecule has 0 aliphatic carbocycles. The number of rotatable bonds is 2. The first kappa shape index (κ1) is 12.4. The SMILES string of the molecule is CCC1CCN(c2cc(C(C)(C)C)ccn2)C1. The first-order valence-corrected chi connectivity index (χ1v) is 6.72. The van der Waals surface area contributed by atoms with Crippen LogP contribution in [0.15, 0.2) is 18.3 Å². The van der Waals surface area contributed by atoms with Crippen LogP contribution in [-0.2, 0) is 5.41 Å². The zero-order valence-corrected chi connectivity index (χ0v) is 11.5. The molecule has 1 atom stereocenters. The Hall–Kier alpha value is -1.05. The van der Waals surface area contributed by atoms with Gasteiger partial charge >= 0.3 is 0 Å². The summed E-state index contributed by atoms with van der Waals surface area (Å²) >= 11 is 0. The zero-order chi connectivity index (χ0) is 12.5. The first-order valence-electron chi connectivity index (χ1n) is 6.72. The second-order valence-electron chi connectivity index (χ2n) is 6.16. The average Bonchev–Trinajstić information content (AvgIpc) is 2.76. The lowest BCUT2D eigenvalue weighted by Gasteiger charge is -2.23. The van der Waals surface area contributed by atoms with Crippen LogP contribution in [0.3, 0.4) is 0 Å². The van der Waals surface area contributed by atoms with E-state index in [1.54, 1.807) is 0 Å². The molecule has 0 amide bonds. The molecule has 1 unspecified atom stereocenters. The number of anilines is 1. The van der Waals surface area contributed by atoms with Gasteiger partial charge in [-0.05, 0) is 35.4 Å². The van der Waals surface area contributed by atoms with Crippen molar-refractivity contribution in [2.45, 2.75) is 46.0 Å². The van der Waals surface area contributed by atoms with Crippen LogP contribution in [0.5, 0.6) is 0 Å². The van der Waals surface area contributed by atoms with Crippen LogP contribution in [0.1, 0.15) is 46.1 Å². The van der Waals surface area contributed by atoms with E-state index in [4.69, 9.17) is 0 Å². The third-order valence-corrected chi connectivity index (χ3v) is 3.80. The highest BCUT2D eigenvalue weighted by molar-refractivity contribution is 5.43. The van der Waals surface area contributed by atoms with Crippen molar-refractivity contribution < 1.29 is 0 Å². The average molecular weight is 232 g/mol. The van der Waals surface area contributed by atoms with E-state index < -0.39 is 0 Å². The molecule has 0 aromatic carbocycles. The van der Waals surface area contributed by atoms with Crippen molar-refractivity contribution in [1.29, 1.82) is 0 Å². The topological polar surface area (TPSA) is 16.1 Å². The van der Waals surface area contributed by atoms with Gasteiger partial charge in [-0.15, -0.1) is 0 Å². The van der Waals surface area contributed by atoms with E-state index in [1.807, 2.05) is 6.20 Å². The minimum Gasteiger partial charge on any atom is -0.356 e. The molecular formula is C15H24N2. The van der Waals surface area contributed by atoms with Gasteiger partial charge < -0.3 is 4.90 Å². The summed E-state index contributed by atoms with van der Waals surface area (Å²) in [6.07, 6.45) is 4.56. The highest BCUT2D eigenvalue weighted by Gasteiger charge is 2.23. The predicted molar refractivity (Wildman–Crippen MR) is 73.5 cm³/mol. The van der Waals surface area contributed by atoms with E-state index >= 15 is 0 Å². The molecule has 0 spiro atoms. The molecule has 1 aliphatic rings. The number of nitrogens with zero attached hydrogens (tertiary/aromatic N) is 2. The predicted octanol–water partition coefficient (Wildman–Crippen LogP) is 3.62. The van der Waals surface area contributed by atoms with Crippen molar-refractivity contribution in [3.8, 4) is 0 Å². The molecule has 0 bridgehead atoms. The smallest absolute Gasteiger partial charge is 0.128 e. The van der Waals surface area contributed by atoms with Crippen molar-refractivity contribution in [2.75, 3.05) is 18.0 Å². The van der Waals surface area contributed by atoms with E-state index in [9.17, 15) is 0 Å². The zero-order valence-electron chi connectivity index (χ0n) is 11.5. The van der Waals surface area contributed by atoms with Crippen molar-refractivity contribution in [1.82, 2.24) is 4.98 Å². The molecule has 1 fully saturated rings. The van der Waals surface area contributed by atoms with Crippen LogP contribution in [0.2, 0.25) is 0 Å². The van der Waals surface area contributed by atoms with Crippen LogP contribution in [0, 0.1) is 5.92 Å². The van der Waals surface area contributed by atoms with Crippen molar-refractivity contribution >= 4 is 5.82 Å². The lowest BCUT2D eigenvalue weighted by molar-refractivity contribution is 0.568. The Morgan fingerprint density at radius 3 is 2.76 bits per heavy atom. The Labute approximate surface area is 105 Å². The van der Waals surface area contributed by atoms with Gasteiger partial charge in [0.05, 0.1) is 0 Å². The molecule has 0 saturated carbocycles. The molecule has 2 rings (SSSR count). The summed E-state index contributed by atoms with van der Waals surface area (Å²) in [5.41, 5.74) is 1.59. The summed E-state index contributed by atoms with van der Waals surface area (Å²) in [5.74, 6) is 2.02. The lowest BCUT2D eigenvalue weighted by atomic mass is 9.88. The van der Waals surface area contributed by atoms with Crippen LogP contribution in [0.25, 0.3) is 0 Å². The molecule has 0 radical (unpaired) electrons. The Bertz CT molecular complexity index is 379. The summed E-state index contributed by atoms with van der Waals surface area (Å²) in [5, 5.41) is 0. The maximum atomic E-state index is 4.53. The lowest BCUT2D eigenvalue weighted by Crippen LogP contribution is -2.21. The molecule has 1 saturated heterocycles. The number of aromatic nitrogens is 1. The first-order chi connectivity index (χ1) is 8.00. The maximum absolute atomic E-state index is 4.53. The third kappa shape index (κ3) is 2.80. The Morgan fingerprint density at radius 1 is 1.41 bits per heavy atom. The summed E-state index contributed by atoms with van der Waals surface area (Å²) in [6.45, 7) is 11.4. The third-order valence-electron chi connectivity index (χ3n) is 3.80. The molecule has 94 valence electrons. The van der Waals surface area contributed by atoms with E-state index in [0.29, 0.717) is 0 Å². The van der Waals surface area contributed by atoms with Gasteiger partial charge in [0.25, 0.3) is 0 Å². The normalized spacial score (nSPS) is 20.9. The van der Waals surface area contributed by atoms with Crippen molar-refractivity contribution in [3.63, 3.8) is 0 Å². The van der Waals surface area contributed by atoms with Gasteiger partial charge in [-0.2, -0.15) is 0 Å². The standard InChI is InChI=1S/C15H24N2/c1-5-12-7-9-17(11-12)14-10-13(6-8-16-14)15(2,3)4/h6,8,10,12H,5,7,9,11H2,1-4H3. The molecule has 2 heteroatoms. The van der Waals surface area contributed by atoms with E-state index in [0.717, 1.165) is 11.7 Å². The number of hydrogen-bond acceptors (Lipinski definition) is 2. The Kier molecular flexibility index (Phi) is 3.41. The van der Waals surface area contributed by atoms with Crippen molar-refractivity contribution in [3.05, 3.63) is 23.9 Å². The highest BCUT2D eigenvalue weighted by Crippen LogP contribution is 2.28. The fraction of sp³-hybridized carbons (Fsp3) is 0.667. The van der Waals surface area contributed by atoms with Gasteiger partial charge in [-0.25, -0.2) is 4.98 Å². The summed E-state index contributed by atoms with van der Waals surface area (Å²) < 4.78 is 0.